The number of amides is 1. The summed E-state index contributed by atoms with van der Waals surface area (Å²) >= 11 is 0. The lowest BCUT2D eigenvalue weighted by Crippen LogP contribution is -2.67. The Kier molecular flexibility index (Phi) is 6.71. The Morgan fingerprint density at radius 3 is 2.37 bits per heavy atom. The molecule has 5 aliphatic carbocycles. The number of carboxylic acids is 1. The van der Waals surface area contributed by atoms with E-state index in [0.717, 1.165) is 51.4 Å². The molecule has 5 saturated carbocycles. The summed E-state index contributed by atoms with van der Waals surface area (Å²) in [5.74, 6) is 2.87. The van der Waals surface area contributed by atoms with Gasteiger partial charge in [-0.15, -0.1) is 0 Å². The molecule has 1 aromatic rings. The summed E-state index contributed by atoms with van der Waals surface area (Å²) in [7, 11) is 0. The molecule has 10 atom stereocenters. The Balaban J connectivity index is 1.27. The largest absolute Gasteiger partial charge is 0.481 e. The summed E-state index contributed by atoms with van der Waals surface area (Å²) in [5.41, 5.74) is -0.119. The molecule has 0 aliphatic heterocycles. The van der Waals surface area contributed by atoms with E-state index in [1.54, 1.807) is 12.3 Å². The van der Waals surface area contributed by atoms with E-state index in [1.807, 2.05) is 0 Å². The van der Waals surface area contributed by atoms with E-state index >= 15 is 0 Å². The number of H-pyrrole nitrogens is 1. The van der Waals surface area contributed by atoms with E-state index in [0.29, 0.717) is 41.3 Å². The van der Waals surface area contributed by atoms with E-state index in [9.17, 15) is 14.7 Å². The summed E-state index contributed by atoms with van der Waals surface area (Å²) in [5, 5.41) is 20.2. The Morgan fingerprint density at radius 2 is 1.71 bits per heavy atom. The van der Waals surface area contributed by atoms with E-state index in [4.69, 9.17) is 4.74 Å². The molecule has 4 unspecified atom stereocenters. The van der Waals surface area contributed by atoms with Crippen LogP contribution in [0.5, 0.6) is 0 Å². The molecule has 228 valence electrons. The first kappa shape index (κ1) is 29.0. The number of carbonyl (C=O) groups is 2. The first-order chi connectivity index (χ1) is 19.2. The fourth-order valence-corrected chi connectivity index (χ4v) is 12.5. The van der Waals surface area contributed by atoms with Crippen molar-refractivity contribution in [3.05, 3.63) is 12.3 Å². The maximum Gasteiger partial charge on any atom is 0.413 e. The van der Waals surface area contributed by atoms with Crippen LogP contribution in [0.1, 0.15) is 113 Å². The Bertz CT molecular complexity index is 1180. The van der Waals surface area contributed by atoms with Crippen LogP contribution in [0.2, 0.25) is 0 Å². The van der Waals surface area contributed by atoms with Crippen LogP contribution in [0, 0.1) is 62.6 Å². The second-order valence-corrected chi connectivity index (χ2v) is 16.4. The quantitative estimate of drug-likeness (QED) is 0.341. The highest BCUT2D eigenvalue weighted by molar-refractivity contribution is 5.83. The molecule has 1 aromatic heterocycles. The topological polar surface area (TPSA) is 104 Å². The highest BCUT2D eigenvalue weighted by Gasteiger charge is 2.72. The number of ether oxygens (including phenoxy) is 1. The van der Waals surface area contributed by atoms with Crippen LogP contribution in [-0.4, -0.2) is 33.5 Å². The number of aromatic nitrogens is 2. The summed E-state index contributed by atoms with van der Waals surface area (Å²) < 4.78 is 6.10. The van der Waals surface area contributed by atoms with E-state index in [1.165, 1.54) is 12.8 Å². The molecule has 0 aromatic carbocycles. The maximum absolute atomic E-state index is 12.9. The third kappa shape index (κ3) is 3.91. The molecule has 3 N–H and O–H groups in total. The first-order valence-corrected chi connectivity index (χ1v) is 16.4. The predicted molar refractivity (Wildman–Crippen MR) is 159 cm³/mol. The number of aliphatic carboxylic acids is 1. The van der Waals surface area contributed by atoms with Gasteiger partial charge in [0.05, 0.1) is 5.41 Å². The molecule has 0 spiro atoms. The number of carboxylic acid groups (broad SMARTS) is 1. The van der Waals surface area contributed by atoms with Gasteiger partial charge in [0, 0.05) is 17.7 Å². The highest BCUT2D eigenvalue weighted by Crippen LogP contribution is 2.77. The normalized spacial score (nSPS) is 46.5. The number of nitrogens with one attached hydrogen (secondary N) is 2. The third-order valence-electron chi connectivity index (χ3n) is 14.7. The molecule has 5 aliphatic rings. The zero-order valence-electron chi connectivity index (χ0n) is 26.4. The van der Waals surface area contributed by atoms with Crippen molar-refractivity contribution in [2.45, 2.75) is 119 Å². The minimum Gasteiger partial charge on any atom is -0.481 e. The lowest BCUT2D eigenvalue weighted by Gasteiger charge is -2.72. The van der Waals surface area contributed by atoms with Gasteiger partial charge in [0.15, 0.2) is 5.82 Å². The van der Waals surface area contributed by atoms with Crippen LogP contribution in [0.15, 0.2) is 12.3 Å². The Hall–Kier alpha value is -2.05. The van der Waals surface area contributed by atoms with Crippen LogP contribution >= 0.6 is 0 Å². The summed E-state index contributed by atoms with van der Waals surface area (Å²) in [4.78, 5) is 25.7. The van der Waals surface area contributed by atoms with Gasteiger partial charge >= 0.3 is 12.1 Å². The predicted octanol–water partition coefficient (Wildman–Crippen LogP) is 8.15. The van der Waals surface area contributed by atoms with Crippen molar-refractivity contribution >= 4 is 17.9 Å². The molecule has 1 heterocycles. The lowest BCUT2D eigenvalue weighted by atomic mass is 9.32. The van der Waals surface area contributed by atoms with Crippen molar-refractivity contribution < 1.29 is 19.4 Å². The number of fused-ring (bicyclic) bond motifs is 7. The van der Waals surface area contributed by atoms with Crippen molar-refractivity contribution in [2.24, 2.45) is 62.6 Å². The average Bonchev–Trinajstić information content (AvgIpc) is 3.55. The van der Waals surface area contributed by atoms with Gasteiger partial charge in [0.1, 0.15) is 6.10 Å². The highest BCUT2D eigenvalue weighted by atomic mass is 16.6. The monoisotopic (exact) mass is 567 g/mol. The SMILES string of the molecule is CC(C)[C@@H]1CC[C@]2(C(=O)O)CC[C@]3(C)C(CCC4[C@@]5(C)CC[C@@H](OC(=O)Nc6cc[nH]n6)C(C)(C)C5CC[C@]43C)C12. The zero-order chi connectivity index (χ0) is 29.6. The van der Waals surface area contributed by atoms with Crippen LogP contribution in [-0.2, 0) is 9.53 Å². The van der Waals surface area contributed by atoms with E-state index in [2.05, 4.69) is 64.0 Å². The molecule has 7 heteroatoms. The number of aromatic amines is 1. The van der Waals surface area contributed by atoms with Gasteiger partial charge < -0.3 is 9.84 Å². The third-order valence-corrected chi connectivity index (χ3v) is 14.7. The number of nitrogens with zero attached hydrogens (tertiary/aromatic N) is 1. The van der Waals surface area contributed by atoms with Crippen molar-refractivity contribution in [3.63, 3.8) is 0 Å². The van der Waals surface area contributed by atoms with Crippen LogP contribution < -0.4 is 5.32 Å². The molecule has 0 saturated heterocycles. The van der Waals surface area contributed by atoms with Crippen molar-refractivity contribution in [2.75, 3.05) is 5.32 Å². The van der Waals surface area contributed by atoms with E-state index in [-0.39, 0.29) is 27.8 Å². The minimum absolute atomic E-state index is 0.131. The fourth-order valence-electron chi connectivity index (χ4n) is 12.5. The second kappa shape index (κ2) is 9.47. The molecule has 7 nitrogen and oxygen atoms in total. The van der Waals surface area contributed by atoms with Gasteiger partial charge in [-0.2, -0.15) is 5.10 Å². The number of rotatable bonds is 4. The van der Waals surface area contributed by atoms with Crippen molar-refractivity contribution in [3.8, 4) is 0 Å². The number of hydrogen-bond donors (Lipinski definition) is 3. The van der Waals surface area contributed by atoms with Gasteiger partial charge in [-0.3, -0.25) is 15.2 Å². The van der Waals surface area contributed by atoms with Crippen LogP contribution in [0.4, 0.5) is 10.6 Å². The summed E-state index contributed by atoms with van der Waals surface area (Å²) in [6.07, 6.45) is 11.6. The molecule has 41 heavy (non-hydrogen) atoms. The Labute approximate surface area is 246 Å². The molecular formula is C34H53N3O4. The summed E-state index contributed by atoms with van der Waals surface area (Å²) in [6, 6.07) is 1.73. The number of carbonyl (C=O) groups excluding carboxylic acids is 1. The number of hydrogen-bond acceptors (Lipinski definition) is 4. The van der Waals surface area contributed by atoms with Crippen molar-refractivity contribution in [1.82, 2.24) is 10.2 Å². The first-order valence-electron chi connectivity index (χ1n) is 16.4. The van der Waals surface area contributed by atoms with E-state index < -0.39 is 17.5 Å². The standard InChI is InChI=1S/C34H53N3O4/c1-20(2)21-10-16-34(28(38)39)18-17-32(6)22(27(21)34)8-9-24-31(5)14-12-25(41-29(40)36-26-13-19-35-37-26)30(3,4)23(31)11-15-33(24,32)7/h13,19-25,27H,8-12,14-18H2,1-7H3,(H,38,39)(H2,35,36,37,40)/t21-,22?,23?,24?,25+,27?,31-,32+,33+,34-/m0/s1. The summed E-state index contributed by atoms with van der Waals surface area (Å²) in [6.45, 7) is 17.0. The Morgan fingerprint density at radius 1 is 0.951 bits per heavy atom. The van der Waals surface area contributed by atoms with Crippen LogP contribution in [0.25, 0.3) is 0 Å². The molecule has 5 fully saturated rings. The smallest absolute Gasteiger partial charge is 0.413 e. The van der Waals surface area contributed by atoms with Gasteiger partial charge in [-0.1, -0.05) is 48.5 Å². The van der Waals surface area contributed by atoms with Crippen LogP contribution in [0.3, 0.4) is 0 Å². The molecule has 6 rings (SSSR count). The number of anilines is 1. The molecule has 1 amide bonds. The second-order valence-electron chi connectivity index (χ2n) is 16.4. The maximum atomic E-state index is 12.9. The van der Waals surface area contributed by atoms with Gasteiger partial charge in [-0.05, 0) is 116 Å². The van der Waals surface area contributed by atoms with Gasteiger partial charge in [0.25, 0.3) is 0 Å². The lowest BCUT2D eigenvalue weighted by molar-refractivity contribution is -0.249. The van der Waals surface area contributed by atoms with Gasteiger partial charge in [0.2, 0.25) is 0 Å². The average molecular weight is 568 g/mol. The van der Waals surface area contributed by atoms with Gasteiger partial charge in [-0.25, -0.2) is 4.79 Å². The fraction of sp³-hybridized carbons (Fsp3) is 0.853. The zero-order valence-corrected chi connectivity index (χ0v) is 26.4. The molecule has 0 radical (unpaired) electrons. The molecular weight excluding hydrogens is 514 g/mol. The minimum atomic E-state index is -0.521. The van der Waals surface area contributed by atoms with Crippen molar-refractivity contribution in [1.29, 1.82) is 0 Å². The molecule has 0 bridgehead atoms.